The normalized spacial score (nSPS) is 14.2. The van der Waals surface area contributed by atoms with E-state index in [-0.39, 0.29) is 22.6 Å². The molecule has 0 saturated heterocycles. The minimum atomic E-state index is -2.71. The number of hydrogen-bond donors (Lipinski definition) is 1. The first kappa shape index (κ1) is 30.2. The van der Waals surface area contributed by atoms with Crippen molar-refractivity contribution in [3.63, 3.8) is 0 Å². The number of rotatable bonds is 10. The van der Waals surface area contributed by atoms with E-state index in [1.54, 1.807) is 0 Å². The third-order valence-electron chi connectivity index (χ3n) is 7.47. The monoisotopic (exact) mass is 566 g/mol. The zero-order chi connectivity index (χ0) is 28.8. The Labute approximate surface area is 244 Å². The molecule has 209 valence electrons. The summed E-state index contributed by atoms with van der Waals surface area (Å²) in [5.74, 6) is 0. The van der Waals surface area contributed by atoms with Gasteiger partial charge in [-0.3, -0.25) is 0 Å². The average Bonchev–Trinajstić information content (AvgIpc) is 2.94. The zero-order valence-corrected chi connectivity index (χ0v) is 26.8. The molecule has 0 aliphatic rings. The summed E-state index contributed by atoms with van der Waals surface area (Å²) in [6.07, 6.45) is -0.208. The average molecular weight is 567 g/mol. The van der Waals surface area contributed by atoms with E-state index in [4.69, 9.17) is 14.6 Å². The minimum Gasteiger partial charge on any atom is -0.406 e. The Morgan fingerprint density at radius 1 is 0.625 bits per heavy atom. The van der Waals surface area contributed by atoms with Crippen molar-refractivity contribution >= 4 is 38.1 Å². The first-order chi connectivity index (χ1) is 19.0. The molecule has 0 aliphatic carbocycles. The Balaban J connectivity index is 1.70. The molecule has 4 aromatic rings. The van der Waals surface area contributed by atoms with Crippen molar-refractivity contribution in [2.24, 2.45) is 11.1 Å². The van der Waals surface area contributed by atoms with Crippen LogP contribution in [0.2, 0.25) is 5.04 Å². The molecule has 0 bridgehead atoms. The molecule has 0 saturated carbocycles. The molecule has 0 aromatic heterocycles. The first-order valence-corrected chi connectivity index (χ1v) is 17.5. The quantitative estimate of drug-likeness (QED) is 0.271. The second kappa shape index (κ2) is 12.8. The predicted molar refractivity (Wildman–Crippen MR) is 174 cm³/mol. The zero-order valence-electron chi connectivity index (χ0n) is 24.8. The van der Waals surface area contributed by atoms with Crippen LogP contribution < -0.4 is 26.5 Å². The van der Waals surface area contributed by atoms with Crippen LogP contribution >= 0.6 is 0 Å². The highest BCUT2D eigenvalue weighted by Crippen LogP contribution is 2.37. The minimum absolute atomic E-state index is 0.115. The molecule has 1 radical (unpaired) electrons. The molecule has 0 fully saturated rings. The lowest BCUT2D eigenvalue weighted by Gasteiger charge is -2.45. The van der Waals surface area contributed by atoms with Gasteiger partial charge in [-0.1, -0.05) is 163 Å². The van der Waals surface area contributed by atoms with Crippen LogP contribution in [0.4, 0.5) is 0 Å². The van der Waals surface area contributed by atoms with Crippen LogP contribution in [-0.2, 0) is 8.85 Å². The maximum absolute atomic E-state index is 7.24. The van der Waals surface area contributed by atoms with Gasteiger partial charge in [0, 0.05) is 0 Å². The van der Waals surface area contributed by atoms with Gasteiger partial charge in [-0.05, 0) is 31.2 Å². The van der Waals surface area contributed by atoms with E-state index in [2.05, 4.69) is 163 Å². The Kier molecular flexibility index (Phi) is 9.65. The maximum Gasteiger partial charge on any atom is 0.283 e. The lowest BCUT2D eigenvalue weighted by molar-refractivity contribution is 0.0474. The number of hydrogen-bond acceptors (Lipinski definition) is 3. The van der Waals surface area contributed by atoms with Gasteiger partial charge in [-0.2, -0.15) is 0 Å². The van der Waals surface area contributed by atoms with E-state index in [0.717, 1.165) is 0 Å². The van der Waals surface area contributed by atoms with Crippen LogP contribution in [0.5, 0.6) is 0 Å². The summed E-state index contributed by atoms with van der Waals surface area (Å²) < 4.78 is 14.4. The molecular formula is C35H44NO2Si2. The van der Waals surface area contributed by atoms with Gasteiger partial charge in [0.25, 0.3) is 17.4 Å². The van der Waals surface area contributed by atoms with Crippen molar-refractivity contribution in [1.82, 2.24) is 0 Å². The van der Waals surface area contributed by atoms with Crippen molar-refractivity contribution in [3.8, 4) is 0 Å². The molecule has 5 heteroatoms. The highest BCUT2D eigenvalue weighted by atomic mass is 28.4. The summed E-state index contributed by atoms with van der Waals surface area (Å²) in [6.45, 7) is 14.0. The van der Waals surface area contributed by atoms with Crippen LogP contribution in [0.3, 0.4) is 0 Å². The van der Waals surface area contributed by atoms with E-state index in [1.165, 1.54) is 20.7 Å². The van der Waals surface area contributed by atoms with Gasteiger partial charge in [0.2, 0.25) is 0 Å². The molecule has 4 rings (SSSR count). The topological polar surface area (TPSA) is 44.5 Å². The molecule has 0 aliphatic heterocycles. The Hall–Kier alpha value is -2.81. The Morgan fingerprint density at radius 2 is 1.00 bits per heavy atom. The third kappa shape index (κ3) is 6.73. The van der Waals surface area contributed by atoms with Gasteiger partial charge >= 0.3 is 0 Å². The fourth-order valence-electron chi connectivity index (χ4n) is 5.59. The lowest BCUT2D eigenvalue weighted by Crippen LogP contribution is -2.68. The van der Waals surface area contributed by atoms with E-state index >= 15 is 0 Å². The van der Waals surface area contributed by atoms with E-state index in [9.17, 15) is 0 Å². The van der Waals surface area contributed by atoms with Crippen LogP contribution in [0.15, 0.2) is 121 Å². The molecule has 0 heterocycles. The molecule has 3 nitrogen and oxygen atoms in total. The maximum atomic E-state index is 7.24. The lowest BCUT2D eigenvalue weighted by atomic mass is 9.85. The standard InChI is InChI=1S/C35H44NO2Si2/c1-34(2,3)33(38-39(28-19-11-7-12-20-28)29-21-13-8-14-22-29)32(36)27-37-40(35(4,5)6,30-23-15-9-16-24-30)31-25-17-10-18-26-31/h7-26,32-33H,27,36H2,1-6H3. The van der Waals surface area contributed by atoms with Crippen molar-refractivity contribution < 1.29 is 8.85 Å². The van der Waals surface area contributed by atoms with Gasteiger partial charge in [0.15, 0.2) is 0 Å². The summed E-state index contributed by atoms with van der Waals surface area (Å²) >= 11 is 0. The van der Waals surface area contributed by atoms with Gasteiger partial charge in [0.05, 0.1) is 18.8 Å². The highest BCUT2D eigenvalue weighted by Gasteiger charge is 2.50. The molecule has 0 spiro atoms. The molecule has 40 heavy (non-hydrogen) atoms. The van der Waals surface area contributed by atoms with E-state index in [1.807, 2.05) is 0 Å². The molecular weight excluding hydrogens is 523 g/mol. The Morgan fingerprint density at radius 3 is 1.35 bits per heavy atom. The molecule has 2 atom stereocenters. The molecule has 4 aromatic carbocycles. The van der Waals surface area contributed by atoms with Crippen LogP contribution in [0, 0.1) is 5.41 Å². The van der Waals surface area contributed by atoms with Crippen molar-refractivity contribution in [2.45, 2.75) is 58.7 Å². The second-order valence-corrected chi connectivity index (χ2v) is 19.0. The van der Waals surface area contributed by atoms with Crippen LogP contribution in [0.1, 0.15) is 41.5 Å². The SMILES string of the molecule is CC(C)(C)C(O[Si](c1ccccc1)c1ccccc1)C(N)CO[Si](c1ccccc1)(c1ccccc1)C(C)(C)C. The van der Waals surface area contributed by atoms with Gasteiger partial charge < -0.3 is 14.6 Å². The summed E-state index contributed by atoms with van der Waals surface area (Å²) in [4.78, 5) is 0. The molecule has 2 N–H and O–H groups in total. The van der Waals surface area contributed by atoms with Crippen molar-refractivity contribution in [1.29, 1.82) is 0 Å². The van der Waals surface area contributed by atoms with Crippen LogP contribution in [0.25, 0.3) is 0 Å². The first-order valence-electron chi connectivity index (χ1n) is 14.2. The van der Waals surface area contributed by atoms with Crippen molar-refractivity contribution in [2.75, 3.05) is 6.61 Å². The second-order valence-electron chi connectivity index (χ2n) is 12.6. The van der Waals surface area contributed by atoms with Crippen LogP contribution in [-0.4, -0.2) is 36.1 Å². The molecule has 2 unspecified atom stereocenters. The summed E-state index contributed by atoms with van der Waals surface area (Å²) in [5, 5.41) is 4.83. The van der Waals surface area contributed by atoms with E-state index in [0.29, 0.717) is 6.61 Å². The fourth-order valence-corrected chi connectivity index (χ4v) is 12.6. The van der Waals surface area contributed by atoms with E-state index < -0.39 is 17.4 Å². The predicted octanol–water partition coefficient (Wildman–Crippen LogP) is 5.13. The largest absolute Gasteiger partial charge is 0.406 e. The molecule has 0 amide bonds. The number of nitrogens with two attached hydrogens (primary N) is 1. The Bertz CT molecular complexity index is 1220. The summed E-state index contributed by atoms with van der Waals surface area (Å²) in [7, 11) is -4.25. The van der Waals surface area contributed by atoms with Gasteiger partial charge in [0.1, 0.15) is 0 Å². The van der Waals surface area contributed by atoms with Gasteiger partial charge in [-0.15, -0.1) is 0 Å². The summed E-state index contributed by atoms with van der Waals surface area (Å²) in [5.41, 5.74) is 6.92. The highest BCUT2D eigenvalue weighted by molar-refractivity contribution is 6.99. The van der Waals surface area contributed by atoms with Crippen molar-refractivity contribution in [3.05, 3.63) is 121 Å². The van der Waals surface area contributed by atoms with Gasteiger partial charge in [-0.25, -0.2) is 0 Å². The fraction of sp³-hybridized carbons (Fsp3) is 0.314. The third-order valence-corrected chi connectivity index (χ3v) is 14.7. The smallest absolute Gasteiger partial charge is 0.283 e. The number of benzene rings is 4. The summed E-state index contributed by atoms with van der Waals surface area (Å²) in [6, 6.07) is 42.3.